The number of pyridine rings is 1. The maximum atomic E-state index is 12.6. The van der Waals surface area contributed by atoms with Crippen LogP contribution in [0.5, 0.6) is 5.75 Å². The van der Waals surface area contributed by atoms with Crippen LogP contribution in [0.4, 0.5) is 0 Å². The molecule has 0 aliphatic heterocycles. The zero-order chi connectivity index (χ0) is 13.2. The van der Waals surface area contributed by atoms with Gasteiger partial charge in [0, 0.05) is 22.2 Å². The highest BCUT2D eigenvalue weighted by Crippen LogP contribution is 2.22. The molecule has 1 aromatic carbocycles. The predicted molar refractivity (Wildman–Crippen MR) is 77.0 cm³/mol. The summed E-state index contributed by atoms with van der Waals surface area (Å²) in [5.74, 6) is 0.772. The standard InChI is InChI=1S/C16H19NO2/c1-2-19-11-8-9-15-13(10-11)16(18)12-6-4-3-5-7-14(12)17-15/h8-10H,2-7H2,1H3,(H,17,18). The number of aryl methyl sites for hydroxylation is 1. The fourth-order valence-electron chi connectivity index (χ4n) is 2.87. The van der Waals surface area contributed by atoms with E-state index in [1.807, 2.05) is 25.1 Å². The first-order valence-electron chi connectivity index (χ1n) is 7.10. The molecule has 0 radical (unpaired) electrons. The van der Waals surface area contributed by atoms with Crippen molar-refractivity contribution < 1.29 is 4.74 Å². The van der Waals surface area contributed by atoms with Crippen molar-refractivity contribution in [3.05, 3.63) is 39.7 Å². The van der Waals surface area contributed by atoms with E-state index in [0.29, 0.717) is 6.61 Å². The Bertz CT molecular complexity index is 658. The summed E-state index contributed by atoms with van der Waals surface area (Å²) in [4.78, 5) is 16.0. The van der Waals surface area contributed by atoms with Crippen molar-refractivity contribution in [3.63, 3.8) is 0 Å². The number of aromatic amines is 1. The summed E-state index contributed by atoms with van der Waals surface area (Å²) in [7, 11) is 0. The van der Waals surface area contributed by atoms with Crippen molar-refractivity contribution in [1.29, 1.82) is 0 Å². The van der Waals surface area contributed by atoms with Gasteiger partial charge < -0.3 is 9.72 Å². The second-order valence-electron chi connectivity index (χ2n) is 5.11. The summed E-state index contributed by atoms with van der Waals surface area (Å²) in [6.07, 6.45) is 5.40. The van der Waals surface area contributed by atoms with Gasteiger partial charge in [-0.25, -0.2) is 0 Å². The third-order valence-corrected chi connectivity index (χ3v) is 3.82. The molecular formula is C16H19NO2. The van der Waals surface area contributed by atoms with E-state index in [1.165, 1.54) is 12.8 Å². The third kappa shape index (κ3) is 2.25. The minimum Gasteiger partial charge on any atom is -0.494 e. The predicted octanol–water partition coefficient (Wildman–Crippen LogP) is 3.20. The largest absolute Gasteiger partial charge is 0.494 e. The third-order valence-electron chi connectivity index (χ3n) is 3.82. The Labute approximate surface area is 112 Å². The van der Waals surface area contributed by atoms with Crippen LogP contribution >= 0.6 is 0 Å². The monoisotopic (exact) mass is 257 g/mol. The normalized spacial score (nSPS) is 15.0. The maximum Gasteiger partial charge on any atom is 0.192 e. The van der Waals surface area contributed by atoms with Crippen LogP contribution in [0.25, 0.3) is 10.9 Å². The van der Waals surface area contributed by atoms with E-state index in [-0.39, 0.29) is 5.43 Å². The Morgan fingerprint density at radius 2 is 2.05 bits per heavy atom. The van der Waals surface area contributed by atoms with Crippen molar-refractivity contribution in [1.82, 2.24) is 4.98 Å². The molecule has 1 heterocycles. The molecule has 3 rings (SSSR count). The van der Waals surface area contributed by atoms with Crippen LogP contribution in [0.2, 0.25) is 0 Å². The van der Waals surface area contributed by atoms with Crippen molar-refractivity contribution in [2.24, 2.45) is 0 Å². The molecule has 0 unspecified atom stereocenters. The quantitative estimate of drug-likeness (QED) is 0.839. The van der Waals surface area contributed by atoms with Gasteiger partial charge in [0.05, 0.1) is 6.61 Å². The van der Waals surface area contributed by atoms with Crippen LogP contribution < -0.4 is 10.2 Å². The fourth-order valence-corrected chi connectivity index (χ4v) is 2.87. The lowest BCUT2D eigenvalue weighted by atomic mass is 10.0. The van der Waals surface area contributed by atoms with Crippen LogP contribution in [-0.2, 0) is 12.8 Å². The van der Waals surface area contributed by atoms with Gasteiger partial charge in [-0.1, -0.05) is 6.42 Å². The van der Waals surface area contributed by atoms with E-state index >= 15 is 0 Å². The van der Waals surface area contributed by atoms with E-state index in [0.717, 1.165) is 47.2 Å². The molecule has 19 heavy (non-hydrogen) atoms. The number of fused-ring (bicyclic) bond motifs is 2. The van der Waals surface area contributed by atoms with Crippen LogP contribution in [-0.4, -0.2) is 11.6 Å². The summed E-state index contributed by atoms with van der Waals surface area (Å²) in [6.45, 7) is 2.57. The highest BCUT2D eigenvalue weighted by Gasteiger charge is 2.14. The Balaban J connectivity index is 2.20. The van der Waals surface area contributed by atoms with Gasteiger partial charge in [0.1, 0.15) is 5.75 Å². The van der Waals surface area contributed by atoms with E-state index in [1.54, 1.807) is 0 Å². The average Bonchev–Trinajstić information content (AvgIpc) is 2.65. The number of hydrogen-bond donors (Lipinski definition) is 1. The number of nitrogens with one attached hydrogen (secondary N) is 1. The number of rotatable bonds is 2. The molecule has 0 saturated carbocycles. The lowest BCUT2D eigenvalue weighted by molar-refractivity contribution is 0.340. The number of hydrogen-bond acceptors (Lipinski definition) is 2. The molecule has 1 aliphatic rings. The summed E-state index contributed by atoms with van der Waals surface area (Å²) < 4.78 is 5.48. The first kappa shape index (κ1) is 12.3. The minimum absolute atomic E-state index is 0.187. The van der Waals surface area contributed by atoms with Gasteiger partial charge in [-0.15, -0.1) is 0 Å². The fraction of sp³-hybridized carbons (Fsp3) is 0.438. The molecule has 2 aromatic rings. The Morgan fingerprint density at radius 1 is 1.21 bits per heavy atom. The molecular weight excluding hydrogens is 238 g/mol. The number of benzene rings is 1. The average molecular weight is 257 g/mol. The van der Waals surface area contributed by atoms with Crippen LogP contribution in [0.3, 0.4) is 0 Å². The summed E-state index contributed by atoms with van der Waals surface area (Å²) in [5.41, 5.74) is 3.24. The highest BCUT2D eigenvalue weighted by molar-refractivity contribution is 5.81. The second kappa shape index (κ2) is 5.08. The first-order valence-corrected chi connectivity index (χ1v) is 7.10. The van der Waals surface area contributed by atoms with Gasteiger partial charge in [-0.2, -0.15) is 0 Å². The topological polar surface area (TPSA) is 42.1 Å². The lowest BCUT2D eigenvalue weighted by Gasteiger charge is -2.09. The van der Waals surface area contributed by atoms with Gasteiger partial charge in [-0.3, -0.25) is 4.79 Å². The van der Waals surface area contributed by atoms with E-state index < -0.39 is 0 Å². The van der Waals surface area contributed by atoms with Crippen molar-refractivity contribution in [2.45, 2.75) is 39.0 Å². The Morgan fingerprint density at radius 3 is 2.89 bits per heavy atom. The highest BCUT2D eigenvalue weighted by atomic mass is 16.5. The molecule has 0 atom stereocenters. The molecule has 3 nitrogen and oxygen atoms in total. The summed E-state index contributed by atoms with van der Waals surface area (Å²) >= 11 is 0. The number of aromatic nitrogens is 1. The van der Waals surface area contributed by atoms with Crippen LogP contribution in [0.1, 0.15) is 37.4 Å². The lowest BCUT2D eigenvalue weighted by Crippen LogP contribution is -2.14. The van der Waals surface area contributed by atoms with Gasteiger partial charge in [-0.05, 0) is 50.8 Å². The van der Waals surface area contributed by atoms with Gasteiger partial charge in [0.2, 0.25) is 0 Å². The molecule has 100 valence electrons. The molecule has 3 heteroatoms. The van der Waals surface area contributed by atoms with Crippen molar-refractivity contribution >= 4 is 10.9 Å². The molecule has 0 bridgehead atoms. The molecule has 1 aromatic heterocycles. The minimum atomic E-state index is 0.187. The smallest absolute Gasteiger partial charge is 0.192 e. The zero-order valence-electron chi connectivity index (χ0n) is 11.3. The zero-order valence-corrected chi connectivity index (χ0v) is 11.3. The summed E-state index contributed by atoms with van der Waals surface area (Å²) in [6, 6.07) is 5.74. The van der Waals surface area contributed by atoms with E-state index in [2.05, 4.69) is 4.98 Å². The van der Waals surface area contributed by atoms with Gasteiger partial charge in [0.25, 0.3) is 0 Å². The number of H-pyrrole nitrogens is 1. The van der Waals surface area contributed by atoms with E-state index in [4.69, 9.17) is 4.74 Å². The molecule has 0 spiro atoms. The molecule has 0 saturated heterocycles. The molecule has 0 fully saturated rings. The number of ether oxygens (including phenoxy) is 1. The Hall–Kier alpha value is -1.77. The SMILES string of the molecule is CCOc1ccc2[nH]c3c(c(=O)c2c1)CCCCC3. The Kier molecular flexibility index (Phi) is 3.28. The summed E-state index contributed by atoms with van der Waals surface area (Å²) in [5, 5.41) is 0.756. The van der Waals surface area contributed by atoms with Crippen molar-refractivity contribution in [3.8, 4) is 5.75 Å². The van der Waals surface area contributed by atoms with Crippen LogP contribution in [0, 0.1) is 0 Å². The van der Waals surface area contributed by atoms with Gasteiger partial charge >= 0.3 is 0 Å². The molecule has 1 N–H and O–H groups in total. The van der Waals surface area contributed by atoms with E-state index in [9.17, 15) is 4.79 Å². The maximum absolute atomic E-state index is 12.6. The van der Waals surface area contributed by atoms with Crippen LogP contribution in [0.15, 0.2) is 23.0 Å². The molecule has 0 amide bonds. The van der Waals surface area contributed by atoms with Crippen molar-refractivity contribution in [2.75, 3.05) is 6.61 Å². The first-order chi connectivity index (χ1) is 9.29. The second-order valence-corrected chi connectivity index (χ2v) is 5.11. The van der Waals surface area contributed by atoms with Gasteiger partial charge in [0.15, 0.2) is 5.43 Å². The molecule has 1 aliphatic carbocycles.